The van der Waals surface area contributed by atoms with Gasteiger partial charge in [0.15, 0.2) is 5.69 Å². The van der Waals surface area contributed by atoms with Gasteiger partial charge in [0.1, 0.15) is 5.76 Å². The van der Waals surface area contributed by atoms with E-state index in [1.807, 2.05) is 6.07 Å². The van der Waals surface area contributed by atoms with Crippen LogP contribution in [0.4, 0.5) is 0 Å². The highest BCUT2D eigenvalue weighted by Gasteiger charge is 2.62. The summed E-state index contributed by atoms with van der Waals surface area (Å²) in [7, 11) is 0. The summed E-state index contributed by atoms with van der Waals surface area (Å²) in [5, 5.41) is 26.4. The van der Waals surface area contributed by atoms with Crippen LogP contribution in [-0.4, -0.2) is 32.4 Å². The molecular formula is C18H17ClN4O3. The van der Waals surface area contributed by atoms with E-state index in [9.17, 15) is 9.90 Å². The van der Waals surface area contributed by atoms with Gasteiger partial charge in [-0.05, 0) is 49.3 Å². The van der Waals surface area contributed by atoms with E-state index in [0.717, 1.165) is 16.5 Å². The first-order valence-corrected chi connectivity index (χ1v) is 8.92. The van der Waals surface area contributed by atoms with E-state index in [1.165, 1.54) is 0 Å². The van der Waals surface area contributed by atoms with Crippen LogP contribution in [0.3, 0.4) is 0 Å². The molecule has 7 nitrogen and oxygen atoms in total. The molecule has 2 atom stereocenters. The number of nitrogens with zero attached hydrogens (tertiary/aromatic N) is 2. The average Bonchev–Trinajstić information content (AvgIpc) is 3.06. The van der Waals surface area contributed by atoms with Crippen LogP contribution in [0.1, 0.15) is 34.7 Å². The Labute approximate surface area is 153 Å². The monoisotopic (exact) mass is 372 g/mol. The normalized spacial score (nSPS) is 29.7. The fourth-order valence-electron chi connectivity index (χ4n) is 4.40. The predicted molar refractivity (Wildman–Crippen MR) is 93.7 cm³/mol. The highest BCUT2D eigenvalue weighted by atomic mass is 35.5. The van der Waals surface area contributed by atoms with Gasteiger partial charge >= 0.3 is 0 Å². The van der Waals surface area contributed by atoms with Crippen molar-refractivity contribution in [2.45, 2.75) is 31.4 Å². The molecule has 2 fully saturated rings. The molecule has 1 aromatic carbocycles. The SMILES string of the molecule is Cc1cc(C(=O)NC2C3CC(O)(c4cc(Cl)cc5[nH]ncc45)CC32)no1. The third kappa shape index (κ3) is 2.34. The Hall–Kier alpha value is -2.38. The van der Waals surface area contributed by atoms with Gasteiger partial charge in [-0.3, -0.25) is 9.89 Å². The van der Waals surface area contributed by atoms with Gasteiger partial charge < -0.3 is 14.9 Å². The molecule has 5 rings (SSSR count). The van der Waals surface area contributed by atoms with E-state index >= 15 is 0 Å². The number of aryl methyl sites for hydroxylation is 1. The number of hydrogen-bond acceptors (Lipinski definition) is 5. The smallest absolute Gasteiger partial charge is 0.273 e. The third-order valence-corrected chi connectivity index (χ3v) is 5.88. The molecule has 2 heterocycles. The van der Waals surface area contributed by atoms with Crippen molar-refractivity contribution in [3.8, 4) is 0 Å². The Balaban J connectivity index is 1.33. The van der Waals surface area contributed by atoms with Crippen molar-refractivity contribution in [2.24, 2.45) is 11.8 Å². The number of amides is 1. The third-order valence-electron chi connectivity index (χ3n) is 5.66. The fourth-order valence-corrected chi connectivity index (χ4v) is 4.62. The highest BCUT2D eigenvalue weighted by molar-refractivity contribution is 6.31. The average molecular weight is 373 g/mol. The van der Waals surface area contributed by atoms with E-state index in [2.05, 4.69) is 20.7 Å². The molecule has 2 aliphatic rings. The largest absolute Gasteiger partial charge is 0.385 e. The van der Waals surface area contributed by atoms with E-state index in [-0.39, 0.29) is 29.5 Å². The molecule has 0 spiro atoms. The number of H-pyrrole nitrogens is 1. The number of carbonyl (C=O) groups is 1. The number of nitrogens with one attached hydrogen (secondary N) is 2. The Morgan fingerprint density at radius 1 is 1.38 bits per heavy atom. The number of benzene rings is 1. The molecule has 3 aromatic rings. The van der Waals surface area contributed by atoms with Crippen LogP contribution in [0.5, 0.6) is 0 Å². The second kappa shape index (κ2) is 5.31. The zero-order valence-electron chi connectivity index (χ0n) is 14.0. The van der Waals surface area contributed by atoms with E-state index in [1.54, 1.807) is 25.3 Å². The maximum atomic E-state index is 12.2. The summed E-state index contributed by atoms with van der Waals surface area (Å²) in [5.74, 6) is 0.867. The Morgan fingerprint density at radius 2 is 2.15 bits per heavy atom. The number of aromatic amines is 1. The summed E-state index contributed by atoms with van der Waals surface area (Å²) in [4.78, 5) is 12.2. The lowest BCUT2D eigenvalue weighted by Crippen LogP contribution is -2.33. The van der Waals surface area contributed by atoms with Crippen LogP contribution in [0.2, 0.25) is 5.02 Å². The first-order valence-electron chi connectivity index (χ1n) is 8.54. The van der Waals surface area contributed by atoms with Crippen molar-refractivity contribution in [1.82, 2.24) is 20.7 Å². The van der Waals surface area contributed by atoms with Gasteiger partial charge in [-0.25, -0.2) is 0 Å². The minimum Gasteiger partial charge on any atom is -0.385 e. The summed E-state index contributed by atoms with van der Waals surface area (Å²) < 4.78 is 4.94. The summed E-state index contributed by atoms with van der Waals surface area (Å²) in [6, 6.07) is 5.30. The van der Waals surface area contributed by atoms with Gasteiger partial charge in [-0.15, -0.1) is 0 Å². The van der Waals surface area contributed by atoms with Crippen molar-refractivity contribution >= 4 is 28.4 Å². The first kappa shape index (κ1) is 15.8. The van der Waals surface area contributed by atoms with Crippen LogP contribution in [0, 0.1) is 18.8 Å². The molecule has 2 saturated carbocycles. The molecule has 0 bridgehead atoms. The lowest BCUT2D eigenvalue weighted by atomic mass is 9.86. The van der Waals surface area contributed by atoms with Gasteiger partial charge in [-0.2, -0.15) is 5.10 Å². The zero-order chi connectivity index (χ0) is 18.1. The molecule has 2 unspecified atom stereocenters. The maximum absolute atomic E-state index is 12.2. The number of fused-ring (bicyclic) bond motifs is 2. The Bertz CT molecular complexity index is 1010. The van der Waals surface area contributed by atoms with Gasteiger partial charge in [0.25, 0.3) is 5.91 Å². The minimum absolute atomic E-state index is 0.0683. The molecule has 3 N–H and O–H groups in total. The molecule has 0 aliphatic heterocycles. The fraction of sp³-hybridized carbons (Fsp3) is 0.389. The molecule has 0 saturated heterocycles. The number of halogens is 1. The number of hydrogen-bond donors (Lipinski definition) is 3. The zero-order valence-corrected chi connectivity index (χ0v) is 14.7. The lowest BCUT2D eigenvalue weighted by Gasteiger charge is -2.27. The lowest BCUT2D eigenvalue weighted by molar-refractivity contribution is 0.0292. The Kier molecular flexibility index (Phi) is 3.24. The van der Waals surface area contributed by atoms with E-state index in [0.29, 0.717) is 23.6 Å². The molecule has 26 heavy (non-hydrogen) atoms. The van der Waals surface area contributed by atoms with Crippen molar-refractivity contribution in [3.63, 3.8) is 0 Å². The van der Waals surface area contributed by atoms with Crippen molar-refractivity contribution in [1.29, 1.82) is 0 Å². The van der Waals surface area contributed by atoms with Crippen LogP contribution >= 0.6 is 11.6 Å². The van der Waals surface area contributed by atoms with Crippen LogP contribution in [0.25, 0.3) is 10.9 Å². The first-order chi connectivity index (χ1) is 12.4. The maximum Gasteiger partial charge on any atom is 0.273 e. The van der Waals surface area contributed by atoms with Crippen molar-refractivity contribution in [3.05, 3.63) is 46.4 Å². The van der Waals surface area contributed by atoms with Gasteiger partial charge in [-0.1, -0.05) is 16.8 Å². The number of rotatable bonds is 3. The quantitative estimate of drug-likeness (QED) is 0.655. The second-order valence-corrected chi connectivity index (χ2v) is 7.81. The number of aromatic nitrogens is 3. The van der Waals surface area contributed by atoms with Crippen molar-refractivity contribution in [2.75, 3.05) is 0 Å². The predicted octanol–water partition coefficient (Wildman–Crippen LogP) is 2.54. The van der Waals surface area contributed by atoms with E-state index in [4.69, 9.17) is 16.1 Å². The molecular weight excluding hydrogens is 356 g/mol. The summed E-state index contributed by atoms with van der Waals surface area (Å²) >= 11 is 6.20. The standard InChI is InChI=1S/C18H17ClN4O3/c1-8-2-15(23-26-8)17(24)21-16-10-5-18(25,6-11(10)16)13-3-9(19)4-14-12(13)7-20-22-14/h2-4,7,10-11,16,25H,5-6H2,1H3,(H,20,22)(H,21,24). The van der Waals surface area contributed by atoms with Gasteiger partial charge in [0, 0.05) is 22.5 Å². The molecule has 8 heteroatoms. The van der Waals surface area contributed by atoms with Gasteiger partial charge in [0.05, 0.1) is 17.3 Å². The number of aliphatic hydroxyl groups is 1. The summed E-state index contributed by atoms with van der Waals surface area (Å²) in [6.45, 7) is 1.75. The highest BCUT2D eigenvalue weighted by Crippen LogP contribution is 2.60. The minimum atomic E-state index is -0.950. The van der Waals surface area contributed by atoms with Crippen LogP contribution < -0.4 is 5.32 Å². The van der Waals surface area contributed by atoms with Crippen LogP contribution in [0.15, 0.2) is 28.9 Å². The molecule has 0 radical (unpaired) electrons. The second-order valence-electron chi connectivity index (χ2n) is 7.37. The molecule has 2 aromatic heterocycles. The summed E-state index contributed by atoms with van der Waals surface area (Å²) in [5.41, 5.74) is 0.956. The number of carbonyl (C=O) groups excluding carboxylic acids is 1. The topological polar surface area (TPSA) is 104 Å². The Morgan fingerprint density at radius 3 is 2.85 bits per heavy atom. The molecule has 1 amide bonds. The molecule has 134 valence electrons. The summed E-state index contributed by atoms with van der Waals surface area (Å²) in [6.07, 6.45) is 2.89. The van der Waals surface area contributed by atoms with Gasteiger partial charge in [0.2, 0.25) is 0 Å². The van der Waals surface area contributed by atoms with Crippen LogP contribution in [-0.2, 0) is 5.60 Å². The molecule has 2 aliphatic carbocycles. The van der Waals surface area contributed by atoms with E-state index < -0.39 is 5.60 Å². The van der Waals surface area contributed by atoms with Crippen molar-refractivity contribution < 1.29 is 14.4 Å².